The Morgan fingerprint density at radius 1 is 1.55 bits per heavy atom. The minimum Gasteiger partial charge on any atom is -0.349 e. The number of aromatic nitrogens is 3. The molecule has 0 aliphatic carbocycles. The van der Waals surface area contributed by atoms with E-state index < -0.39 is 0 Å². The predicted molar refractivity (Wildman–Crippen MR) is 75.7 cm³/mol. The first-order valence-corrected chi connectivity index (χ1v) is 6.61. The molecular weight excluding hydrogens is 252 g/mol. The number of hydrogen-bond donors (Lipinski definition) is 1. The maximum Gasteiger partial charge on any atom is 0.226 e. The zero-order valence-corrected chi connectivity index (χ0v) is 11.3. The van der Waals surface area contributed by atoms with Crippen molar-refractivity contribution in [1.82, 2.24) is 20.1 Å². The molecule has 1 aliphatic heterocycles. The van der Waals surface area contributed by atoms with Crippen LogP contribution in [0.25, 0.3) is 6.08 Å². The van der Waals surface area contributed by atoms with E-state index in [1.165, 1.54) is 0 Å². The average molecular weight is 268 g/mol. The quantitative estimate of drug-likeness (QED) is 0.920. The molecule has 2 aromatic heterocycles. The normalized spacial score (nSPS) is 18.1. The Morgan fingerprint density at radius 3 is 3.25 bits per heavy atom. The summed E-state index contributed by atoms with van der Waals surface area (Å²) in [5.74, 6) is 0.0379. The fraction of sp³-hybridized carbons (Fsp3) is 0.267. The standard InChI is InChI=1S/C15H16N4O/c1-19-10-11(9-17-19)4-2-6-13-12-5-3-7-16-14(12)8-15(20)18-13/h2-5,7,9-10,13H,6,8H2,1H3,(H,18,20). The topological polar surface area (TPSA) is 59.8 Å². The number of pyridine rings is 1. The average Bonchev–Trinajstić information content (AvgIpc) is 2.84. The SMILES string of the molecule is Cn1cc(C=CCC2NC(=O)Cc3ncccc32)cn1. The van der Waals surface area contributed by atoms with Gasteiger partial charge in [0, 0.05) is 25.0 Å². The summed E-state index contributed by atoms with van der Waals surface area (Å²) < 4.78 is 1.77. The fourth-order valence-corrected chi connectivity index (χ4v) is 2.44. The third-order valence-corrected chi connectivity index (χ3v) is 3.37. The summed E-state index contributed by atoms with van der Waals surface area (Å²) in [6.45, 7) is 0. The van der Waals surface area contributed by atoms with Gasteiger partial charge in [-0.1, -0.05) is 18.2 Å². The highest BCUT2D eigenvalue weighted by atomic mass is 16.1. The summed E-state index contributed by atoms with van der Waals surface area (Å²) >= 11 is 0. The highest BCUT2D eigenvalue weighted by Gasteiger charge is 2.23. The molecule has 5 heteroatoms. The van der Waals surface area contributed by atoms with Crippen LogP contribution in [-0.2, 0) is 18.3 Å². The zero-order valence-electron chi connectivity index (χ0n) is 11.3. The van der Waals surface area contributed by atoms with Gasteiger partial charge in [0.2, 0.25) is 5.91 Å². The lowest BCUT2D eigenvalue weighted by molar-refractivity contribution is -0.121. The van der Waals surface area contributed by atoms with Gasteiger partial charge in [0.15, 0.2) is 0 Å². The van der Waals surface area contributed by atoms with Crippen molar-refractivity contribution >= 4 is 12.0 Å². The minimum atomic E-state index is 0.00729. The van der Waals surface area contributed by atoms with Gasteiger partial charge in [-0.3, -0.25) is 14.5 Å². The Morgan fingerprint density at radius 2 is 2.45 bits per heavy atom. The molecule has 2 aromatic rings. The zero-order chi connectivity index (χ0) is 13.9. The van der Waals surface area contributed by atoms with E-state index in [0.29, 0.717) is 6.42 Å². The molecule has 0 fully saturated rings. The number of fused-ring (bicyclic) bond motifs is 1. The number of hydrogen-bond acceptors (Lipinski definition) is 3. The van der Waals surface area contributed by atoms with Gasteiger partial charge in [-0.25, -0.2) is 0 Å². The summed E-state index contributed by atoms with van der Waals surface area (Å²) in [7, 11) is 1.89. The van der Waals surface area contributed by atoms with E-state index >= 15 is 0 Å². The molecule has 5 nitrogen and oxygen atoms in total. The lowest BCUT2D eigenvalue weighted by atomic mass is 9.96. The van der Waals surface area contributed by atoms with E-state index in [0.717, 1.165) is 23.2 Å². The molecule has 0 radical (unpaired) electrons. The van der Waals surface area contributed by atoms with Crippen molar-refractivity contribution in [3.8, 4) is 0 Å². The Kier molecular flexibility index (Phi) is 3.33. The van der Waals surface area contributed by atoms with Crippen molar-refractivity contribution in [3.63, 3.8) is 0 Å². The van der Waals surface area contributed by atoms with Crippen molar-refractivity contribution in [2.45, 2.75) is 18.9 Å². The number of nitrogens with one attached hydrogen (secondary N) is 1. The molecule has 0 aromatic carbocycles. The van der Waals surface area contributed by atoms with E-state index in [-0.39, 0.29) is 11.9 Å². The molecule has 0 spiro atoms. The maximum atomic E-state index is 11.7. The minimum absolute atomic E-state index is 0.00729. The highest BCUT2D eigenvalue weighted by Crippen LogP contribution is 2.24. The van der Waals surface area contributed by atoms with Crippen molar-refractivity contribution in [1.29, 1.82) is 0 Å². The van der Waals surface area contributed by atoms with Crippen LogP contribution >= 0.6 is 0 Å². The summed E-state index contributed by atoms with van der Waals surface area (Å²) in [5, 5.41) is 7.13. The highest BCUT2D eigenvalue weighted by molar-refractivity contribution is 5.80. The van der Waals surface area contributed by atoms with Gasteiger partial charge in [0.1, 0.15) is 0 Å². The van der Waals surface area contributed by atoms with Crippen LogP contribution < -0.4 is 5.32 Å². The number of rotatable bonds is 3. The van der Waals surface area contributed by atoms with Crippen LogP contribution in [0, 0.1) is 0 Å². The van der Waals surface area contributed by atoms with Crippen LogP contribution in [0.4, 0.5) is 0 Å². The monoisotopic (exact) mass is 268 g/mol. The summed E-state index contributed by atoms with van der Waals surface area (Å²) in [4.78, 5) is 16.0. The number of aryl methyl sites for hydroxylation is 1. The van der Waals surface area contributed by atoms with Gasteiger partial charge in [-0.2, -0.15) is 5.10 Å². The summed E-state index contributed by atoms with van der Waals surface area (Å²) in [6, 6.07) is 3.95. The van der Waals surface area contributed by atoms with Gasteiger partial charge in [-0.15, -0.1) is 0 Å². The molecular formula is C15H16N4O. The van der Waals surface area contributed by atoms with Gasteiger partial charge in [0.25, 0.3) is 0 Å². The molecule has 102 valence electrons. The number of carbonyl (C=O) groups is 1. The van der Waals surface area contributed by atoms with Crippen molar-refractivity contribution < 1.29 is 4.79 Å². The molecule has 1 N–H and O–H groups in total. The van der Waals surface area contributed by atoms with Crippen LogP contribution in [0.3, 0.4) is 0 Å². The molecule has 3 heterocycles. The Bertz CT molecular complexity index is 659. The molecule has 1 unspecified atom stereocenters. The van der Waals surface area contributed by atoms with Gasteiger partial charge >= 0.3 is 0 Å². The van der Waals surface area contributed by atoms with E-state index in [4.69, 9.17) is 0 Å². The third-order valence-electron chi connectivity index (χ3n) is 3.37. The molecule has 1 amide bonds. The number of nitrogens with zero attached hydrogens (tertiary/aromatic N) is 3. The molecule has 0 saturated carbocycles. The second-order valence-corrected chi connectivity index (χ2v) is 4.92. The van der Waals surface area contributed by atoms with Gasteiger partial charge in [-0.05, 0) is 18.1 Å². The van der Waals surface area contributed by atoms with Gasteiger partial charge in [0.05, 0.1) is 24.4 Å². The fourth-order valence-electron chi connectivity index (χ4n) is 2.44. The molecule has 0 saturated heterocycles. The first-order chi connectivity index (χ1) is 9.72. The predicted octanol–water partition coefficient (Wildman–Crippen LogP) is 1.63. The Labute approximate surface area is 117 Å². The lowest BCUT2D eigenvalue weighted by Gasteiger charge is -2.24. The van der Waals surface area contributed by atoms with Crippen LogP contribution in [0.1, 0.15) is 29.3 Å². The van der Waals surface area contributed by atoms with E-state index in [1.807, 2.05) is 37.7 Å². The maximum absolute atomic E-state index is 11.7. The van der Waals surface area contributed by atoms with Crippen molar-refractivity contribution in [3.05, 3.63) is 53.6 Å². The van der Waals surface area contributed by atoms with E-state index in [1.54, 1.807) is 10.9 Å². The van der Waals surface area contributed by atoms with Crippen molar-refractivity contribution in [2.75, 3.05) is 0 Å². The third kappa shape index (κ3) is 2.61. The van der Waals surface area contributed by atoms with Crippen LogP contribution in [-0.4, -0.2) is 20.7 Å². The first kappa shape index (κ1) is 12.6. The summed E-state index contributed by atoms with van der Waals surface area (Å²) in [6.07, 6.45) is 10.7. The second-order valence-electron chi connectivity index (χ2n) is 4.92. The molecule has 20 heavy (non-hydrogen) atoms. The van der Waals surface area contributed by atoms with Crippen molar-refractivity contribution in [2.24, 2.45) is 7.05 Å². The van der Waals surface area contributed by atoms with Crippen LogP contribution in [0.15, 0.2) is 36.8 Å². The van der Waals surface area contributed by atoms with E-state index in [9.17, 15) is 4.79 Å². The smallest absolute Gasteiger partial charge is 0.226 e. The Balaban J connectivity index is 1.74. The second kappa shape index (κ2) is 5.28. The molecule has 1 atom stereocenters. The number of amides is 1. The van der Waals surface area contributed by atoms with Crippen LogP contribution in [0.2, 0.25) is 0 Å². The molecule has 1 aliphatic rings. The van der Waals surface area contributed by atoms with Gasteiger partial charge < -0.3 is 5.32 Å². The van der Waals surface area contributed by atoms with E-state index in [2.05, 4.69) is 21.5 Å². The largest absolute Gasteiger partial charge is 0.349 e. The molecule has 0 bridgehead atoms. The summed E-state index contributed by atoms with van der Waals surface area (Å²) in [5.41, 5.74) is 3.06. The first-order valence-electron chi connectivity index (χ1n) is 6.61. The van der Waals surface area contributed by atoms with Crippen LogP contribution in [0.5, 0.6) is 0 Å². The number of carbonyl (C=O) groups excluding carboxylic acids is 1. The molecule has 3 rings (SSSR count). The lowest BCUT2D eigenvalue weighted by Crippen LogP contribution is -2.35. The Hall–Kier alpha value is -2.43.